The van der Waals surface area contributed by atoms with Gasteiger partial charge in [-0.1, -0.05) is 96.8 Å². The summed E-state index contributed by atoms with van der Waals surface area (Å²) in [6.07, 6.45) is 19.3. The van der Waals surface area contributed by atoms with Crippen LogP contribution in [0.2, 0.25) is 0 Å². The molecule has 0 saturated heterocycles. The average molecular weight is 386 g/mol. The van der Waals surface area contributed by atoms with Gasteiger partial charge in [0.25, 0.3) is 0 Å². The summed E-state index contributed by atoms with van der Waals surface area (Å²) < 4.78 is 5.32. The first kappa shape index (κ1) is 26.4. The van der Waals surface area contributed by atoms with Crippen molar-refractivity contribution >= 4 is 5.97 Å². The first-order chi connectivity index (χ1) is 13.0. The summed E-state index contributed by atoms with van der Waals surface area (Å²) in [6, 6.07) is 0. The van der Waals surface area contributed by atoms with Crippen LogP contribution >= 0.6 is 0 Å². The highest BCUT2D eigenvalue weighted by Gasteiger charge is 2.17. The van der Waals surface area contributed by atoms with E-state index in [2.05, 4.69) is 6.92 Å². The number of carbonyl (C=O) groups is 1. The van der Waals surface area contributed by atoms with E-state index < -0.39 is 6.23 Å². The molecule has 0 radical (unpaired) electrons. The van der Waals surface area contributed by atoms with E-state index in [9.17, 15) is 9.90 Å². The zero-order valence-electron chi connectivity index (χ0n) is 18.7. The van der Waals surface area contributed by atoms with Crippen LogP contribution in [-0.2, 0) is 9.53 Å². The van der Waals surface area contributed by atoms with Crippen LogP contribution in [0.3, 0.4) is 0 Å². The standard InChI is InChI=1S/C23H47NO3/c1-5-6-7-8-9-10-11-12-13-14-15-16-17-18-19-20-23(26)27-22(3)24(4)21(2)25/h21-22,25H,5-20H2,1-4H3. The Labute approximate surface area is 169 Å². The molecule has 0 aliphatic rings. The Kier molecular flexibility index (Phi) is 18.3. The molecule has 0 aromatic carbocycles. The number of unbranched alkanes of at least 4 members (excludes halogenated alkanes) is 14. The molecule has 0 aliphatic heterocycles. The summed E-state index contributed by atoms with van der Waals surface area (Å²) in [4.78, 5) is 13.4. The minimum Gasteiger partial charge on any atom is -0.447 e. The molecule has 0 aromatic rings. The lowest BCUT2D eigenvalue weighted by Crippen LogP contribution is -2.39. The predicted molar refractivity (Wildman–Crippen MR) is 115 cm³/mol. The second-order valence-electron chi connectivity index (χ2n) is 8.09. The SMILES string of the molecule is CCCCCCCCCCCCCCCCCC(=O)OC(C)N(C)C(C)O. The lowest BCUT2D eigenvalue weighted by atomic mass is 10.0. The van der Waals surface area contributed by atoms with E-state index in [4.69, 9.17) is 4.74 Å². The van der Waals surface area contributed by atoms with Crippen LogP contribution in [0.5, 0.6) is 0 Å². The minimum atomic E-state index is -0.612. The third-order valence-electron chi connectivity index (χ3n) is 5.45. The molecule has 0 amide bonds. The van der Waals surface area contributed by atoms with Crippen molar-refractivity contribution in [1.82, 2.24) is 4.90 Å². The van der Waals surface area contributed by atoms with Crippen molar-refractivity contribution in [2.45, 2.75) is 136 Å². The Hall–Kier alpha value is -0.610. The Bertz CT molecular complexity index is 334. The monoisotopic (exact) mass is 385 g/mol. The van der Waals surface area contributed by atoms with Crippen LogP contribution in [0.25, 0.3) is 0 Å². The van der Waals surface area contributed by atoms with Gasteiger partial charge in [0.1, 0.15) is 6.23 Å². The van der Waals surface area contributed by atoms with Crippen LogP contribution in [0, 0.1) is 0 Å². The molecule has 0 spiro atoms. The first-order valence-electron chi connectivity index (χ1n) is 11.6. The van der Waals surface area contributed by atoms with E-state index in [0.717, 1.165) is 12.8 Å². The normalized spacial score (nSPS) is 13.7. The summed E-state index contributed by atoms with van der Waals surface area (Å²) in [5.74, 6) is -0.162. The number of aliphatic hydroxyl groups is 1. The van der Waals surface area contributed by atoms with Gasteiger partial charge in [-0.25, -0.2) is 4.90 Å². The number of rotatable bonds is 19. The van der Waals surface area contributed by atoms with Gasteiger partial charge in [0, 0.05) is 6.42 Å². The van der Waals surface area contributed by atoms with Crippen molar-refractivity contribution in [3.8, 4) is 0 Å². The number of hydrogen-bond acceptors (Lipinski definition) is 4. The molecule has 0 aliphatic carbocycles. The molecular formula is C23H47NO3. The Morgan fingerprint density at radius 2 is 1.15 bits per heavy atom. The van der Waals surface area contributed by atoms with Gasteiger partial charge in [0.05, 0.1) is 0 Å². The van der Waals surface area contributed by atoms with Gasteiger partial charge in [-0.2, -0.15) is 0 Å². The van der Waals surface area contributed by atoms with E-state index in [0.29, 0.717) is 6.42 Å². The highest BCUT2D eigenvalue weighted by atomic mass is 16.6. The van der Waals surface area contributed by atoms with Crippen molar-refractivity contribution in [1.29, 1.82) is 0 Å². The number of carbonyl (C=O) groups excluding carboxylic acids is 1. The van der Waals surface area contributed by atoms with Gasteiger partial charge in [0.15, 0.2) is 6.23 Å². The molecule has 4 heteroatoms. The summed E-state index contributed by atoms with van der Waals surface area (Å²) >= 11 is 0. The molecule has 4 nitrogen and oxygen atoms in total. The Morgan fingerprint density at radius 3 is 1.52 bits per heavy atom. The van der Waals surface area contributed by atoms with E-state index >= 15 is 0 Å². The predicted octanol–water partition coefficient (Wildman–Crippen LogP) is 6.41. The smallest absolute Gasteiger partial charge is 0.307 e. The molecule has 0 saturated carbocycles. The molecule has 0 heterocycles. The largest absolute Gasteiger partial charge is 0.447 e. The summed E-state index contributed by atoms with van der Waals surface area (Å²) in [6.45, 7) is 5.73. The first-order valence-corrected chi connectivity index (χ1v) is 11.6. The number of nitrogens with zero attached hydrogens (tertiary/aromatic N) is 1. The molecule has 0 aromatic heterocycles. The molecule has 2 unspecified atom stereocenters. The van der Waals surface area contributed by atoms with Crippen LogP contribution in [0.4, 0.5) is 0 Å². The highest BCUT2D eigenvalue weighted by Crippen LogP contribution is 2.14. The van der Waals surface area contributed by atoms with Crippen molar-refractivity contribution in [3.63, 3.8) is 0 Å². The van der Waals surface area contributed by atoms with Crippen molar-refractivity contribution in [3.05, 3.63) is 0 Å². The summed E-state index contributed by atoms with van der Waals surface area (Å²) in [5, 5.41) is 9.46. The van der Waals surface area contributed by atoms with Gasteiger partial charge in [-0.3, -0.25) is 4.79 Å². The third-order valence-corrected chi connectivity index (χ3v) is 5.45. The zero-order chi connectivity index (χ0) is 20.3. The molecule has 2 atom stereocenters. The van der Waals surface area contributed by atoms with E-state index in [1.165, 1.54) is 83.5 Å². The lowest BCUT2D eigenvalue weighted by molar-refractivity contribution is -0.164. The maximum atomic E-state index is 11.8. The average Bonchev–Trinajstić information content (AvgIpc) is 2.64. The Balaban J connectivity index is 3.30. The van der Waals surface area contributed by atoms with Gasteiger partial charge in [-0.15, -0.1) is 0 Å². The maximum Gasteiger partial charge on any atom is 0.307 e. The molecule has 27 heavy (non-hydrogen) atoms. The van der Waals surface area contributed by atoms with Crippen LogP contribution in [-0.4, -0.2) is 35.5 Å². The fourth-order valence-electron chi connectivity index (χ4n) is 3.28. The number of hydrogen-bond donors (Lipinski definition) is 1. The molecule has 162 valence electrons. The van der Waals surface area contributed by atoms with Crippen molar-refractivity contribution in [2.75, 3.05) is 7.05 Å². The van der Waals surface area contributed by atoms with E-state index in [1.807, 2.05) is 0 Å². The van der Waals surface area contributed by atoms with Crippen molar-refractivity contribution < 1.29 is 14.6 Å². The second-order valence-corrected chi connectivity index (χ2v) is 8.09. The molecule has 0 fully saturated rings. The zero-order valence-corrected chi connectivity index (χ0v) is 18.7. The molecular weight excluding hydrogens is 338 g/mol. The maximum absolute atomic E-state index is 11.8. The number of ether oxygens (including phenoxy) is 1. The van der Waals surface area contributed by atoms with Gasteiger partial charge < -0.3 is 9.84 Å². The molecule has 0 rings (SSSR count). The number of esters is 1. The topological polar surface area (TPSA) is 49.8 Å². The van der Waals surface area contributed by atoms with Crippen molar-refractivity contribution in [2.24, 2.45) is 0 Å². The number of aliphatic hydroxyl groups excluding tert-OH is 1. The Morgan fingerprint density at radius 1 is 0.778 bits per heavy atom. The van der Waals surface area contributed by atoms with E-state index in [-0.39, 0.29) is 12.2 Å². The van der Waals surface area contributed by atoms with Crippen LogP contribution < -0.4 is 0 Å². The van der Waals surface area contributed by atoms with Crippen LogP contribution in [0.1, 0.15) is 124 Å². The fraction of sp³-hybridized carbons (Fsp3) is 0.957. The second kappa shape index (κ2) is 18.7. The molecule has 0 bridgehead atoms. The summed E-state index contributed by atoms with van der Waals surface area (Å²) in [7, 11) is 1.75. The van der Waals surface area contributed by atoms with E-state index in [1.54, 1.807) is 25.8 Å². The summed E-state index contributed by atoms with van der Waals surface area (Å²) in [5.41, 5.74) is 0. The lowest BCUT2D eigenvalue weighted by Gasteiger charge is -2.26. The quantitative estimate of drug-likeness (QED) is 0.159. The van der Waals surface area contributed by atoms with Crippen LogP contribution in [0.15, 0.2) is 0 Å². The third kappa shape index (κ3) is 17.2. The van der Waals surface area contributed by atoms with Gasteiger partial charge >= 0.3 is 5.97 Å². The van der Waals surface area contributed by atoms with Gasteiger partial charge in [0.2, 0.25) is 0 Å². The highest BCUT2D eigenvalue weighted by molar-refractivity contribution is 5.69. The minimum absolute atomic E-state index is 0.162. The fourth-order valence-corrected chi connectivity index (χ4v) is 3.28. The van der Waals surface area contributed by atoms with Gasteiger partial charge in [-0.05, 0) is 27.3 Å². The molecule has 1 N–H and O–H groups in total.